The van der Waals surface area contributed by atoms with Gasteiger partial charge in [0.25, 0.3) is 0 Å². The number of Topliss-reactive ketones (excluding diaryl/α,β-unsaturated/α-hetero) is 1. The minimum Gasteiger partial charge on any atom is -0.378 e. The van der Waals surface area contributed by atoms with Gasteiger partial charge in [0.2, 0.25) is 0 Å². The number of aliphatic imine (C=N–C) groups is 1. The van der Waals surface area contributed by atoms with Crippen molar-refractivity contribution in [3.05, 3.63) is 41.1 Å². The number of hydrogen-bond donors (Lipinski definition) is 2. The third-order valence-electron chi connectivity index (χ3n) is 3.37. The predicted molar refractivity (Wildman–Crippen MR) is 81.6 cm³/mol. The molecule has 0 aromatic heterocycles. The maximum absolute atomic E-state index is 11.9. The van der Waals surface area contributed by atoms with E-state index in [2.05, 4.69) is 10.3 Å². The second kappa shape index (κ2) is 5.36. The summed E-state index contributed by atoms with van der Waals surface area (Å²) in [6.07, 6.45) is 0. The van der Waals surface area contributed by atoms with Crippen LogP contribution in [0.1, 0.15) is 25.5 Å². The molecule has 1 aromatic carbocycles. The second-order valence-corrected chi connectivity index (χ2v) is 5.12. The molecule has 3 N–H and O–H groups in total. The first kappa shape index (κ1) is 14.1. The van der Waals surface area contributed by atoms with E-state index in [0.717, 1.165) is 16.9 Å². The van der Waals surface area contributed by atoms with Crippen molar-refractivity contribution < 1.29 is 4.79 Å². The summed E-state index contributed by atoms with van der Waals surface area (Å²) in [5, 5.41) is 2.92. The zero-order chi connectivity index (χ0) is 14.9. The maximum atomic E-state index is 11.9. The lowest BCUT2D eigenvalue weighted by Crippen LogP contribution is -2.36. The third-order valence-corrected chi connectivity index (χ3v) is 3.37. The standard InChI is InChI=1S/C15H20N4O/c1-9-13(10(2)20)14(18-15(16)17-9)11-5-7-12(8-6-11)19(3)4/h5-8,14H,1-4H3,(H3,16,17,18). The Labute approximate surface area is 119 Å². The number of nitrogens with two attached hydrogens (primary N) is 1. The lowest BCUT2D eigenvalue weighted by molar-refractivity contribution is -0.113. The Kier molecular flexibility index (Phi) is 3.79. The SMILES string of the molecule is CC(=O)C1=C(C)NC(N)=NC1c1ccc(N(C)C)cc1. The Balaban J connectivity index is 2.42. The van der Waals surface area contributed by atoms with Gasteiger partial charge in [-0.1, -0.05) is 12.1 Å². The molecule has 5 nitrogen and oxygen atoms in total. The number of hydrogen-bond acceptors (Lipinski definition) is 5. The minimum absolute atomic E-state index is 0.00735. The third kappa shape index (κ3) is 2.66. The zero-order valence-corrected chi connectivity index (χ0v) is 12.3. The summed E-state index contributed by atoms with van der Waals surface area (Å²) >= 11 is 0. The van der Waals surface area contributed by atoms with Gasteiger partial charge in [-0.3, -0.25) is 4.79 Å². The highest BCUT2D eigenvalue weighted by Crippen LogP contribution is 2.31. The van der Waals surface area contributed by atoms with Crippen LogP contribution in [0.3, 0.4) is 0 Å². The summed E-state index contributed by atoms with van der Waals surface area (Å²) in [6.45, 7) is 3.40. The van der Waals surface area contributed by atoms with Gasteiger partial charge in [0.1, 0.15) is 6.04 Å². The van der Waals surface area contributed by atoms with E-state index < -0.39 is 0 Å². The van der Waals surface area contributed by atoms with Crippen LogP contribution in [-0.4, -0.2) is 25.8 Å². The highest BCUT2D eigenvalue weighted by atomic mass is 16.1. The number of carbonyl (C=O) groups is 1. The molecule has 1 atom stereocenters. The van der Waals surface area contributed by atoms with E-state index in [1.807, 2.05) is 50.2 Å². The molecule has 2 rings (SSSR count). The molecule has 1 aliphatic heterocycles. The summed E-state index contributed by atoms with van der Waals surface area (Å²) < 4.78 is 0. The number of nitrogens with zero attached hydrogens (tertiary/aromatic N) is 2. The van der Waals surface area contributed by atoms with E-state index in [1.54, 1.807) is 6.92 Å². The number of allylic oxidation sites excluding steroid dienone is 1. The molecule has 0 radical (unpaired) electrons. The molecule has 0 fully saturated rings. The van der Waals surface area contributed by atoms with Crippen LogP contribution >= 0.6 is 0 Å². The molecular formula is C15H20N4O. The molecule has 106 valence electrons. The zero-order valence-electron chi connectivity index (χ0n) is 12.3. The van der Waals surface area contributed by atoms with Crippen LogP contribution in [0.4, 0.5) is 5.69 Å². The van der Waals surface area contributed by atoms with Crippen molar-refractivity contribution in [1.29, 1.82) is 0 Å². The van der Waals surface area contributed by atoms with Gasteiger partial charge in [0.15, 0.2) is 11.7 Å². The molecule has 1 aliphatic rings. The van der Waals surface area contributed by atoms with E-state index in [9.17, 15) is 4.79 Å². The molecule has 20 heavy (non-hydrogen) atoms. The number of carbonyl (C=O) groups excluding carboxylic acids is 1. The Bertz CT molecular complexity index is 584. The quantitative estimate of drug-likeness (QED) is 0.876. The predicted octanol–water partition coefficient (Wildman–Crippen LogP) is 1.57. The van der Waals surface area contributed by atoms with Gasteiger partial charge in [-0.15, -0.1) is 0 Å². The number of nitrogens with one attached hydrogen (secondary N) is 1. The van der Waals surface area contributed by atoms with Crippen LogP contribution in [0.5, 0.6) is 0 Å². The maximum Gasteiger partial charge on any atom is 0.193 e. The van der Waals surface area contributed by atoms with Crippen LogP contribution in [0.15, 0.2) is 40.5 Å². The topological polar surface area (TPSA) is 70.7 Å². The molecule has 0 saturated heterocycles. The largest absolute Gasteiger partial charge is 0.378 e. The lowest BCUT2D eigenvalue weighted by Gasteiger charge is -2.24. The van der Waals surface area contributed by atoms with Gasteiger partial charge in [-0.2, -0.15) is 0 Å². The van der Waals surface area contributed by atoms with E-state index in [-0.39, 0.29) is 11.8 Å². The second-order valence-electron chi connectivity index (χ2n) is 5.12. The molecule has 1 unspecified atom stereocenters. The minimum atomic E-state index is -0.329. The van der Waals surface area contributed by atoms with Crippen LogP contribution in [-0.2, 0) is 4.79 Å². The van der Waals surface area contributed by atoms with Crippen LogP contribution in [0, 0.1) is 0 Å². The summed E-state index contributed by atoms with van der Waals surface area (Å²) in [5.41, 5.74) is 9.28. The van der Waals surface area contributed by atoms with Crippen molar-refractivity contribution in [2.75, 3.05) is 19.0 Å². The van der Waals surface area contributed by atoms with Crippen LogP contribution < -0.4 is 16.0 Å². The smallest absolute Gasteiger partial charge is 0.193 e. The van der Waals surface area contributed by atoms with Crippen LogP contribution in [0.25, 0.3) is 0 Å². The summed E-state index contributed by atoms with van der Waals surface area (Å²) in [6, 6.07) is 7.66. The van der Waals surface area contributed by atoms with Crippen molar-refractivity contribution in [3.63, 3.8) is 0 Å². The average molecular weight is 272 g/mol. The molecule has 1 aromatic rings. The fourth-order valence-electron chi connectivity index (χ4n) is 2.35. The van der Waals surface area contributed by atoms with Crippen LogP contribution in [0.2, 0.25) is 0 Å². The highest BCUT2D eigenvalue weighted by molar-refractivity contribution is 5.98. The molecule has 0 amide bonds. The fraction of sp³-hybridized carbons (Fsp3) is 0.333. The van der Waals surface area contributed by atoms with Gasteiger partial charge in [-0.25, -0.2) is 4.99 Å². The summed E-state index contributed by atoms with van der Waals surface area (Å²) in [5.74, 6) is 0.349. The average Bonchev–Trinajstić information content (AvgIpc) is 2.37. The monoisotopic (exact) mass is 272 g/mol. The number of guanidine groups is 1. The normalized spacial score (nSPS) is 18.4. The Hall–Kier alpha value is -2.30. The number of rotatable bonds is 3. The Morgan fingerprint density at radius 3 is 2.40 bits per heavy atom. The van der Waals surface area contributed by atoms with Gasteiger partial charge in [-0.05, 0) is 31.5 Å². The van der Waals surface area contributed by atoms with Crippen molar-refractivity contribution in [2.45, 2.75) is 19.9 Å². The molecular weight excluding hydrogens is 252 g/mol. The van der Waals surface area contributed by atoms with Gasteiger partial charge in [0.05, 0.1) is 0 Å². The first-order valence-corrected chi connectivity index (χ1v) is 6.49. The van der Waals surface area contributed by atoms with E-state index in [0.29, 0.717) is 11.5 Å². The molecule has 0 aliphatic carbocycles. The Morgan fingerprint density at radius 2 is 1.90 bits per heavy atom. The highest BCUT2D eigenvalue weighted by Gasteiger charge is 2.26. The lowest BCUT2D eigenvalue weighted by atomic mass is 9.93. The van der Waals surface area contributed by atoms with E-state index in [4.69, 9.17) is 5.73 Å². The molecule has 5 heteroatoms. The van der Waals surface area contributed by atoms with E-state index >= 15 is 0 Å². The molecule has 0 bridgehead atoms. The molecule has 1 heterocycles. The van der Waals surface area contributed by atoms with Crippen molar-refractivity contribution in [3.8, 4) is 0 Å². The van der Waals surface area contributed by atoms with E-state index in [1.165, 1.54) is 0 Å². The molecule has 0 spiro atoms. The van der Waals surface area contributed by atoms with Gasteiger partial charge in [0, 0.05) is 31.1 Å². The first-order chi connectivity index (χ1) is 9.40. The Morgan fingerprint density at radius 1 is 1.30 bits per heavy atom. The number of anilines is 1. The number of benzene rings is 1. The van der Waals surface area contributed by atoms with Crippen molar-refractivity contribution >= 4 is 17.4 Å². The van der Waals surface area contributed by atoms with Gasteiger partial charge >= 0.3 is 0 Å². The van der Waals surface area contributed by atoms with Gasteiger partial charge < -0.3 is 16.0 Å². The molecule has 0 saturated carbocycles. The van der Waals surface area contributed by atoms with Crippen molar-refractivity contribution in [2.24, 2.45) is 10.7 Å². The first-order valence-electron chi connectivity index (χ1n) is 6.49. The fourth-order valence-corrected chi connectivity index (χ4v) is 2.35. The van der Waals surface area contributed by atoms with Crippen molar-refractivity contribution in [1.82, 2.24) is 5.32 Å². The summed E-state index contributed by atoms with van der Waals surface area (Å²) in [4.78, 5) is 18.3. The number of ketones is 1. The summed E-state index contributed by atoms with van der Waals surface area (Å²) in [7, 11) is 3.97.